The molecule has 16 heavy (non-hydrogen) atoms. The molecule has 0 atom stereocenters. The number of unbranched alkanes of at least 4 members (excludes halogenated alkanes) is 2. The highest BCUT2D eigenvalue weighted by Crippen LogP contribution is 2.21. The van der Waals surface area contributed by atoms with E-state index in [0.29, 0.717) is 0 Å². The van der Waals surface area contributed by atoms with Crippen molar-refractivity contribution < 1.29 is 9.90 Å². The second-order valence-corrected chi connectivity index (χ2v) is 4.79. The first-order chi connectivity index (χ1) is 7.68. The Kier molecular flexibility index (Phi) is 5.78. The molecule has 3 N–H and O–H groups in total. The van der Waals surface area contributed by atoms with Crippen LogP contribution in [0.15, 0.2) is 29.2 Å². The van der Waals surface area contributed by atoms with Crippen LogP contribution >= 0.6 is 11.8 Å². The maximum Gasteiger partial charge on any atom is 0.303 e. The smallest absolute Gasteiger partial charge is 0.303 e. The normalized spacial score (nSPS) is 10.2. The number of carboxylic acids is 1. The van der Waals surface area contributed by atoms with Gasteiger partial charge in [-0.25, -0.2) is 0 Å². The summed E-state index contributed by atoms with van der Waals surface area (Å²) in [4.78, 5) is 11.5. The van der Waals surface area contributed by atoms with Crippen molar-refractivity contribution >= 4 is 23.4 Å². The maximum absolute atomic E-state index is 10.3. The van der Waals surface area contributed by atoms with Crippen molar-refractivity contribution in [2.24, 2.45) is 0 Å². The summed E-state index contributed by atoms with van der Waals surface area (Å²) < 4.78 is 0. The number of hydrogen-bond acceptors (Lipinski definition) is 3. The molecule has 0 amide bonds. The summed E-state index contributed by atoms with van der Waals surface area (Å²) in [5.41, 5.74) is 6.45. The fourth-order valence-electron chi connectivity index (χ4n) is 1.35. The molecule has 1 aromatic rings. The standard InChI is InChI=1S/C12H17NO2S/c13-10-5-4-6-11(9-10)16-8-3-1-2-7-12(14)15/h4-6,9H,1-3,7-8,13H2,(H,14,15). The van der Waals surface area contributed by atoms with Crippen LogP contribution in [0.4, 0.5) is 5.69 Å². The van der Waals surface area contributed by atoms with Gasteiger partial charge >= 0.3 is 5.97 Å². The molecule has 3 nitrogen and oxygen atoms in total. The Morgan fingerprint density at radius 3 is 2.81 bits per heavy atom. The van der Waals surface area contributed by atoms with Crippen LogP contribution in [-0.4, -0.2) is 16.8 Å². The molecule has 0 saturated carbocycles. The molecule has 0 unspecified atom stereocenters. The quantitative estimate of drug-likeness (QED) is 0.436. The number of benzene rings is 1. The van der Waals surface area contributed by atoms with Gasteiger partial charge in [-0.3, -0.25) is 4.79 Å². The van der Waals surface area contributed by atoms with Crippen molar-refractivity contribution in [3.63, 3.8) is 0 Å². The summed E-state index contributed by atoms with van der Waals surface area (Å²) in [7, 11) is 0. The van der Waals surface area contributed by atoms with Crippen molar-refractivity contribution in [3.05, 3.63) is 24.3 Å². The summed E-state index contributed by atoms with van der Waals surface area (Å²) in [5.74, 6) is 0.312. The summed E-state index contributed by atoms with van der Waals surface area (Å²) in [5, 5.41) is 8.46. The molecular weight excluding hydrogens is 222 g/mol. The zero-order valence-corrected chi connectivity index (χ0v) is 10.0. The van der Waals surface area contributed by atoms with Crippen molar-refractivity contribution in [1.29, 1.82) is 0 Å². The average Bonchev–Trinajstić information content (AvgIpc) is 2.23. The number of carboxylic acid groups (broad SMARTS) is 1. The fourth-order valence-corrected chi connectivity index (χ4v) is 2.33. The highest BCUT2D eigenvalue weighted by atomic mass is 32.2. The van der Waals surface area contributed by atoms with E-state index in [2.05, 4.69) is 0 Å². The van der Waals surface area contributed by atoms with Crippen LogP contribution in [-0.2, 0) is 4.79 Å². The SMILES string of the molecule is Nc1cccc(SCCCCCC(=O)O)c1. The monoisotopic (exact) mass is 239 g/mol. The van der Waals surface area contributed by atoms with E-state index in [1.807, 2.05) is 24.3 Å². The summed E-state index contributed by atoms with van der Waals surface area (Å²) in [6.07, 6.45) is 3.07. The molecule has 0 bridgehead atoms. The average molecular weight is 239 g/mol. The lowest BCUT2D eigenvalue weighted by atomic mass is 10.2. The lowest BCUT2D eigenvalue weighted by molar-refractivity contribution is -0.137. The largest absolute Gasteiger partial charge is 0.481 e. The predicted octanol–water partition coefficient (Wildman–Crippen LogP) is 3.01. The van der Waals surface area contributed by atoms with Gasteiger partial charge in [-0.2, -0.15) is 0 Å². The molecule has 0 fully saturated rings. The number of anilines is 1. The maximum atomic E-state index is 10.3. The molecule has 0 aliphatic rings. The van der Waals surface area contributed by atoms with Crippen LogP contribution in [0.5, 0.6) is 0 Å². The Hall–Kier alpha value is -1.16. The van der Waals surface area contributed by atoms with Crippen LogP contribution in [0.25, 0.3) is 0 Å². The first-order valence-corrected chi connectivity index (χ1v) is 6.37. The Bertz CT molecular complexity index is 342. The van der Waals surface area contributed by atoms with Crippen LogP contribution in [0.1, 0.15) is 25.7 Å². The van der Waals surface area contributed by atoms with E-state index in [0.717, 1.165) is 30.7 Å². The van der Waals surface area contributed by atoms with Crippen molar-refractivity contribution in [2.45, 2.75) is 30.6 Å². The highest BCUT2D eigenvalue weighted by Gasteiger charge is 1.97. The van der Waals surface area contributed by atoms with E-state index < -0.39 is 5.97 Å². The number of thioether (sulfide) groups is 1. The van der Waals surface area contributed by atoms with Gasteiger partial charge in [0.1, 0.15) is 0 Å². The molecule has 0 aliphatic heterocycles. The molecule has 0 aliphatic carbocycles. The highest BCUT2D eigenvalue weighted by molar-refractivity contribution is 7.99. The van der Waals surface area contributed by atoms with Crippen LogP contribution in [0.3, 0.4) is 0 Å². The molecule has 0 heterocycles. The number of carbonyl (C=O) groups is 1. The molecule has 1 rings (SSSR count). The number of aliphatic carboxylic acids is 1. The van der Waals surface area contributed by atoms with Crippen LogP contribution in [0.2, 0.25) is 0 Å². The molecule has 0 aromatic heterocycles. The third-order valence-electron chi connectivity index (χ3n) is 2.16. The zero-order valence-electron chi connectivity index (χ0n) is 9.19. The third kappa shape index (κ3) is 5.66. The Balaban J connectivity index is 2.09. The summed E-state index contributed by atoms with van der Waals surface area (Å²) >= 11 is 1.77. The minimum Gasteiger partial charge on any atom is -0.481 e. The van der Waals surface area contributed by atoms with Crippen molar-refractivity contribution in [1.82, 2.24) is 0 Å². The van der Waals surface area contributed by atoms with Gasteiger partial charge in [0.25, 0.3) is 0 Å². The topological polar surface area (TPSA) is 63.3 Å². The summed E-state index contributed by atoms with van der Waals surface area (Å²) in [6, 6.07) is 7.82. The van der Waals surface area contributed by atoms with Gasteiger partial charge in [0.2, 0.25) is 0 Å². The van der Waals surface area contributed by atoms with E-state index in [4.69, 9.17) is 10.8 Å². The van der Waals surface area contributed by atoms with Gasteiger partial charge < -0.3 is 10.8 Å². The van der Waals surface area contributed by atoms with Gasteiger partial charge in [-0.05, 0) is 36.8 Å². The van der Waals surface area contributed by atoms with Crippen molar-refractivity contribution in [3.8, 4) is 0 Å². The van der Waals surface area contributed by atoms with Crippen LogP contribution < -0.4 is 5.73 Å². The lowest BCUT2D eigenvalue weighted by Gasteiger charge is -2.02. The Morgan fingerprint density at radius 2 is 2.12 bits per heavy atom. The number of hydrogen-bond donors (Lipinski definition) is 2. The second kappa shape index (κ2) is 7.17. The molecule has 4 heteroatoms. The van der Waals surface area contributed by atoms with E-state index >= 15 is 0 Å². The van der Waals surface area contributed by atoms with Gasteiger partial charge in [0.15, 0.2) is 0 Å². The molecule has 1 aromatic carbocycles. The fraction of sp³-hybridized carbons (Fsp3) is 0.417. The van der Waals surface area contributed by atoms with E-state index in [-0.39, 0.29) is 6.42 Å². The number of rotatable bonds is 7. The molecular formula is C12H17NO2S. The number of nitrogens with two attached hydrogens (primary N) is 1. The van der Waals surface area contributed by atoms with E-state index in [9.17, 15) is 4.79 Å². The van der Waals surface area contributed by atoms with Gasteiger partial charge in [0, 0.05) is 17.0 Å². The predicted molar refractivity (Wildman–Crippen MR) is 67.7 cm³/mol. The molecule has 0 radical (unpaired) electrons. The second-order valence-electron chi connectivity index (χ2n) is 3.63. The lowest BCUT2D eigenvalue weighted by Crippen LogP contribution is -1.93. The molecule has 0 saturated heterocycles. The van der Waals surface area contributed by atoms with Crippen molar-refractivity contribution in [2.75, 3.05) is 11.5 Å². The molecule has 0 spiro atoms. The van der Waals surface area contributed by atoms with Gasteiger partial charge in [-0.1, -0.05) is 12.5 Å². The molecule has 88 valence electrons. The Labute approximate surface area is 100 Å². The minimum absolute atomic E-state index is 0.281. The van der Waals surface area contributed by atoms with Gasteiger partial charge in [-0.15, -0.1) is 11.8 Å². The van der Waals surface area contributed by atoms with E-state index in [1.54, 1.807) is 11.8 Å². The Morgan fingerprint density at radius 1 is 1.31 bits per heavy atom. The van der Waals surface area contributed by atoms with Crippen LogP contribution in [0, 0.1) is 0 Å². The zero-order chi connectivity index (χ0) is 11.8. The van der Waals surface area contributed by atoms with Gasteiger partial charge in [0.05, 0.1) is 0 Å². The third-order valence-corrected chi connectivity index (χ3v) is 3.24. The first-order valence-electron chi connectivity index (χ1n) is 5.38. The first kappa shape index (κ1) is 12.9. The number of nitrogen functional groups attached to an aromatic ring is 1. The minimum atomic E-state index is -0.705. The summed E-state index contributed by atoms with van der Waals surface area (Å²) in [6.45, 7) is 0. The van der Waals surface area contributed by atoms with E-state index in [1.165, 1.54) is 4.90 Å².